The molecule has 0 aliphatic carbocycles. The SMILES string of the molecule is COc1cc2[nH]cc(C(=O)N3CCN(C)CC3)c2cc1OC. The molecule has 0 radical (unpaired) electrons. The Bertz CT molecular complexity index is 687. The molecule has 1 aliphatic heterocycles. The standard InChI is InChI=1S/C16H21N3O3/c1-18-4-6-19(7-5-18)16(20)12-10-17-13-9-15(22-3)14(21-2)8-11(12)13/h8-10,17H,4-7H2,1-3H3. The predicted molar refractivity (Wildman–Crippen MR) is 84.8 cm³/mol. The van der Waals surface area contributed by atoms with Crippen LogP contribution >= 0.6 is 0 Å². The lowest BCUT2D eigenvalue weighted by atomic mass is 10.1. The Morgan fingerprint density at radius 1 is 1.09 bits per heavy atom. The van der Waals surface area contributed by atoms with Crippen molar-refractivity contribution in [3.63, 3.8) is 0 Å². The monoisotopic (exact) mass is 303 g/mol. The van der Waals surface area contributed by atoms with E-state index in [4.69, 9.17) is 9.47 Å². The van der Waals surface area contributed by atoms with Gasteiger partial charge in [-0.2, -0.15) is 0 Å². The van der Waals surface area contributed by atoms with Crippen molar-refractivity contribution < 1.29 is 14.3 Å². The number of rotatable bonds is 3. The molecule has 1 fully saturated rings. The van der Waals surface area contributed by atoms with Gasteiger partial charge in [0, 0.05) is 43.8 Å². The average molecular weight is 303 g/mol. The Morgan fingerprint density at radius 3 is 2.36 bits per heavy atom. The van der Waals surface area contributed by atoms with Crippen molar-refractivity contribution in [1.82, 2.24) is 14.8 Å². The number of methoxy groups -OCH3 is 2. The second-order valence-electron chi connectivity index (χ2n) is 5.55. The van der Waals surface area contributed by atoms with Gasteiger partial charge in [-0.15, -0.1) is 0 Å². The van der Waals surface area contributed by atoms with Crippen LogP contribution in [0.25, 0.3) is 10.9 Å². The van der Waals surface area contributed by atoms with Crippen LogP contribution in [-0.2, 0) is 0 Å². The van der Waals surface area contributed by atoms with Gasteiger partial charge >= 0.3 is 0 Å². The van der Waals surface area contributed by atoms with E-state index in [0.717, 1.165) is 37.1 Å². The topological polar surface area (TPSA) is 57.8 Å². The number of hydrogen-bond donors (Lipinski definition) is 1. The molecule has 6 nitrogen and oxygen atoms in total. The number of fused-ring (bicyclic) bond motifs is 1. The molecule has 1 N–H and O–H groups in total. The molecule has 0 unspecified atom stereocenters. The third-order valence-electron chi connectivity index (χ3n) is 4.21. The normalized spacial score (nSPS) is 16.0. The fourth-order valence-corrected chi connectivity index (χ4v) is 2.81. The number of piperazine rings is 1. The summed E-state index contributed by atoms with van der Waals surface area (Å²) in [5, 5.41) is 0.863. The first-order valence-electron chi connectivity index (χ1n) is 7.35. The molecule has 1 saturated heterocycles. The molecule has 2 heterocycles. The fraction of sp³-hybridized carbons (Fsp3) is 0.438. The summed E-state index contributed by atoms with van der Waals surface area (Å²) in [5.74, 6) is 1.34. The smallest absolute Gasteiger partial charge is 0.256 e. The van der Waals surface area contributed by atoms with Crippen LogP contribution < -0.4 is 9.47 Å². The van der Waals surface area contributed by atoms with Gasteiger partial charge < -0.3 is 24.3 Å². The summed E-state index contributed by atoms with van der Waals surface area (Å²) in [5.41, 5.74) is 1.55. The summed E-state index contributed by atoms with van der Waals surface area (Å²) < 4.78 is 10.6. The van der Waals surface area contributed by atoms with Crippen LogP contribution in [0.2, 0.25) is 0 Å². The van der Waals surface area contributed by atoms with Crippen LogP contribution in [0.4, 0.5) is 0 Å². The average Bonchev–Trinajstić information content (AvgIpc) is 2.96. The third-order valence-corrected chi connectivity index (χ3v) is 4.21. The molecule has 1 aromatic heterocycles. The lowest BCUT2D eigenvalue weighted by Crippen LogP contribution is -2.47. The zero-order chi connectivity index (χ0) is 15.7. The number of aromatic nitrogens is 1. The first-order valence-corrected chi connectivity index (χ1v) is 7.35. The molecule has 118 valence electrons. The van der Waals surface area contributed by atoms with Crippen LogP contribution in [0.3, 0.4) is 0 Å². The number of aromatic amines is 1. The van der Waals surface area contributed by atoms with Crippen molar-refractivity contribution in [1.29, 1.82) is 0 Å². The maximum Gasteiger partial charge on any atom is 0.256 e. The third kappa shape index (κ3) is 2.50. The second-order valence-corrected chi connectivity index (χ2v) is 5.55. The van der Waals surface area contributed by atoms with Gasteiger partial charge in [-0.25, -0.2) is 0 Å². The van der Waals surface area contributed by atoms with E-state index in [1.807, 2.05) is 17.0 Å². The highest BCUT2D eigenvalue weighted by atomic mass is 16.5. The molecule has 0 atom stereocenters. The molecular weight excluding hydrogens is 282 g/mol. The van der Waals surface area contributed by atoms with E-state index in [2.05, 4.69) is 16.9 Å². The van der Waals surface area contributed by atoms with Crippen molar-refractivity contribution in [2.45, 2.75) is 0 Å². The van der Waals surface area contributed by atoms with E-state index < -0.39 is 0 Å². The van der Waals surface area contributed by atoms with Crippen molar-refractivity contribution in [2.75, 3.05) is 47.4 Å². The fourth-order valence-electron chi connectivity index (χ4n) is 2.81. The minimum absolute atomic E-state index is 0.0616. The van der Waals surface area contributed by atoms with Gasteiger partial charge in [-0.05, 0) is 13.1 Å². The molecule has 6 heteroatoms. The Hall–Kier alpha value is -2.21. The summed E-state index contributed by atoms with van der Waals surface area (Å²) in [6, 6.07) is 3.71. The van der Waals surface area contributed by atoms with E-state index in [0.29, 0.717) is 17.1 Å². The largest absolute Gasteiger partial charge is 0.493 e. The van der Waals surface area contributed by atoms with Crippen LogP contribution in [0.5, 0.6) is 11.5 Å². The van der Waals surface area contributed by atoms with E-state index in [9.17, 15) is 4.79 Å². The molecule has 3 rings (SSSR count). The number of nitrogens with zero attached hydrogens (tertiary/aromatic N) is 2. The highest BCUT2D eigenvalue weighted by Gasteiger charge is 2.23. The second kappa shape index (κ2) is 5.88. The van der Waals surface area contributed by atoms with Gasteiger partial charge in [0.1, 0.15) is 0 Å². The molecule has 0 bridgehead atoms. The number of ether oxygens (including phenoxy) is 2. The number of amides is 1. The van der Waals surface area contributed by atoms with Crippen LogP contribution in [0.15, 0.2) is 18.3 Å². The molecular formula is C16H21N3O3. The van der Waals surface area contributed by atoms with Gasteiger partial charge in [0.05, 0.1) is 25.3 Å². The van der Waals surface area contributed by atoms with Crippen LogP contribution in [0.1, 0.15) is 10.4 Å². The predicted octanol–water partition coefficient (Wildman–Crippen LogP) is 1.57. The van der Waals surface area contributed by atoms with Crippen LogP contribution in [-0.4, -0.2) is 68.1 Å². The summed E-state index contributed by atoms with van der Waals surface area (Å²) in [4.78, 5) is 20.0. The molecule has 22 heavy (non-hydrogen) atoms. The summed E-state index contributed by atoms with van der Waals surface area (Å²) >= 11 is 0. The minimum atomic E-state index is 0.0616. The number of carbonyl (C=O) groups excluding carboxylic acids is 1. The molecule has 1 amide bonds. The zero-order valence-corrected chi connectivity index (χ0v) is 13.2. The zero-order valence-electron chi connectivity index (χ0n) is 13.2. The number of likely N-dealkylation sites (N-methyl/N-ethyl adjacent to an activating group) is 1. The van der Waals surface area contributed by atoms with Gasteiger partial charge in [0.15, 0.2) is 11.5 Å². The maximum absolute atomic E-state index is 12.8. The van der Waals surface area contributed by atoms with E-state index in [-0.39, 0.29) is 5.91 Å². The molecule has 1 aliphatic rings. The Balaban J connectivity index is 1.95. The number of nitrogens with one attached hydrogen (secondary N) is 1. The van der Waals surface area contributed by atoms with Crippen molar-refractivity contribution in [3.05, 3.63) is 23.9 Å². The van der Waals surface area contributed by atoms with Crippen molar-refractivity contribution in [2.24, 2.45) is 0 Å². The Kier molecular flexibility index (Phi) is 3.94. The van der Waals surface area contributed by atoms with E-state index in [1.165, 1.54) is 0 Å². The quantitative estimate of drug-likeness (QED) is 0.935. The number of carbonyl (C=O) groups is 1. The number of benzene rings is 1. The van der Waals surface area contributed by atoms with Gasteiger partial charge in [0.2, 0.25) is 0 Å². The molecule has 1 aromatic carbocycles. The highest BCUT2D eigenvalue weighted by Crippen LogP contribution is 2.33. The Labute approximate surface area is 129 Å². The maximum atomic E-state index is 12.8. The van der Waals surface area contributed by atoms with Crippen LogP contribution in [0, 0.1) is 0 Å². The molecule has 2 aromatic rings. The Morgan fingerprint density at radius 2 is 1.73 bits per heavy atom. The van der Waals surface area contributed by atoms with Crippen molar-refractivity contribution >= 4 is 16.8 Å². The number of H-pyrrole nitrogens is 1. The number of hydrogen-bond acceptors (Lipinski definition) is 4. The van der Waals surface area contributed by atoms with Gasteiger partial charge in [-0.1, -0.05) is 0 Å². The molecule has 0 saturated carbocycles. The van der Waals surface area contributed by atoms with E-state index >= 15 is 0 Å². The lowest BCUT2D eigenvalue weighted by Gasteiger charge is -2.32. The molecule has 0 spiro atoms. The summed E-state index contributed by atoms with van der Waals surface area (Å²) in [6.45, 7) is 3.33. The first-order chi connectivity index (χ1) is 10.6. The minimum Gasteiger partial charge on any atom is -0.493 e. The van der Waals surface area contributed by atoms with Crippen molar-refractivity contribution in [3.8, 4) is 11.5 Å². The first kappa shape index (κ1) is 14.7. The van der Waals surface area contributed by atoms with Gasteiger partial charge in [0.25, 0.3) is 5.91 Å². The van der Waals surface area contributed by atoms with Gasteiger partial charge in [-0.3, -0.25) is 4.79 Å². The highest BCUT2D eigenvalue weighted by molar-refractivity contribution is 6.07. The lowest BCUT2D eigenvalue weighted by molar-refractivity contribution is 0.0666. The van der Waals surface area contributed by atoms with E-state index in [1.54, 1.807) is 20.4 Å². The summed E-state index contributed by atoms with van der Waals surface area (Å²) in [7, 11) is 5.27. The summed E-state index contributed by atoms with van der Waals surface area (Å²) in [6.07, 6.45) is 1.77.